The van der Waals surface area contributed by atoms with Crippen LogP contribution >= 0.6 is 11.6 Å². The van der Waals surface area contributed by atoms with Crippen molar-refractivity contribution in [1.82, 2.24) is 0 Å². The third-order valence-electron chi connectivity index (χ3n) is 2.68. The number of nitrogens with two attached hydrogens (primary N) is 1. The summed E-state index contributed by atoms with van der Waals surface area (Å²) in [6.45, 7) is 6.98. The number of hydrogen-bond donors (Lipinski definition) is 1. The van der Waals surface area contributed by atoms with E-state index < -0.39 is 0 Å². The fraction of sp³-hybridized carbons (Fsp3) is 0.538. The zero-order valence-electron chi connectivity index (χ0n) is 10.2. The first-order valence-corrected chi connectivity index (χ1v) is 6.10. The van der Waals surface area contributed by atoms with Gasteiger partial charge in [0.15, 0.2) is 0 Å². The molecule has 0 spiro atoms. The highest BCUT2D eigenvalue weighted by Gasteiger charge is 2.10. The highest BCUT2D eigenvalue weighted by molar-refractivity contribution is 6.30. The van der Waals surface area contributed by atoms with Crippen molar-refractivity contribution >= 4 is 11.6 Å². The molecule has 1 aromatic carbocycles. The minimum atomic E-state index is -0.0642. The third-order valence-corrected chi connectivity index (χ3v) is 2.92. The molecule has 2 N–H and O–H groups in total. The van der Waals surface area contributed by atoms with Gasteiger partial charge >= 0.3 is 0 Å². The first kappa shape index (κ1) is 13.3. The van der Waals surface area contributed by atoms with Gasteiger partial charge in [-0.25, -0.2) is 0 Å². The Labute approximate surface area is 103 Å². The van der Waals surface area contributed by atoms with Crippen molar-refractivity contribution in [2.24, 2.45) is 11.7 Å². The lowest BCUT2D eigenvalue weighted by atomic mass is 10.1. The molecule has 0 radical (unpaired) electrons. The highest BCUT2D eigenvalue weighted by atomic mass is 35.5. The molecule has 0 saturated heterocycles. The van der Waals surface area contributed by atoms with E-state index in [1.807, 2.05) is 25.1 Å². The van der Waals surface area contributed by atoms with Crippen LogP contribution in [-0.2, 0) is 0 Å². The van der Waals surface area contributed by atoms with Crippen molar-refractivity contribution in [2.45, 2.75) is 33.2 Å². The molecular weight excluding hydrogens is 222 g/mol. The second kappa shape index (κ2) is 6.12. The lowest BCUT2D eigenvalue weighted by Crippen LogP contribution is -2.12. The maximum absolute atomic E-state index is 5.94. The predicted molar refractivity (Wildman–Crippen MR) is 69.0 cm³/mol. The van der Waals surface area contributed by atoms with Gasteiger partial charge in [0.1, 0.15) is 5.75 Å². The average Bonchev–Trinajstić information content (AvgIpc) is 2.26. The molecule has 0 aliphatic carbocycles. The number of hydrogen-bond acceptors (Lipinski definition) is 2. The second-order valence-corrected chi connectivity index (χ2v) is 4.73. The van der Waals surface area contributed by atoms with E-state index in [2.05, 4.69) is 13.8 Å². The molecule has 3 heteroatoms. The molecule has 16 heavy (non-hydrogen) atoms. The summed E-state index contributed by atoms with van der Waals surface area (Å²) in [4.78, 5) is 0. The van der Waals surface area contributed by atoms with Crippen LogP contribution in [0.3, 0.4) is 0 Å². The van der Waals surface area contributed by atoms with Crippen LogP contribution in [0, 0.1) is 5.92 Å². The van der Waals surface area contributed by atoms with Crippen LogP contribution in [0.25, 0.3) is 0 Å². The van der Waals surface area contributed by atoms with Gasteiger partial charge in [-0.05, 0) is 31.0 Å². The van der Waals surface area contributed by atoms with E-state index in [-0.39, 0.29) is 6.04 Å². The Bertz CT molecular complexity index is 339. The van der Waals surface area contributed by atoms with Gasteiger partial charge in [0.2, 0.25) is 0 Å². The molecule has 0 aromatic heterocycles. The van der Waals surface area contributed by atoms with Crippen LogP contribution < -0.4 is 10.5 Å². The Morgan fingerprint density at radius 2 is 2.06 bits per heavy atom. The van der Waals surface area contributed by atoms with Gasteiger partial charge in [-0.15, -0.1) is 0 Å². The van der Waals surface area contributed by atoms with Crippen LogP contribution in [0.5, 0.6) is 5.75 Å². The Kier molecular flexibility index (Phi) is 5.10. The van der Waals surface area contributed by atoms with E-state index in [1.54, 1.807) is 0 Å². The molecule has 0 heterocycles. The van der Waals surface area contributed by atoms with Crippen molar-refractivity contribution in [3.63, 3.8) is 0 Å². The summed E-state index contributed by atoms with van der Waals surface area (Å²) in [6, 6.07) is 5.53. The zero-order chi connectivity index (χ0) is 12.1. The first-order chi connectivity index (χ1) is 7.54. The minimum Gasteiger partial charge on any atom is -0.493 e. The SMILES string of the molecule is CCC(C)COc1ccc(Cl)cc1[C@H](C)N. The number of halogens is 1. The van der Waals surface area contributed by atoms with Crippen molar-refractivity contribution in [3.8, 4) is 5.75 Å². The maximum Gasteiger partial charge on any atom is 0.124 e. The Morgan fingerprint density at radius 1 is 1.38 bits per heavy atom. The van der Waals surface area contributed by atoms with Crippen LogP contribution in [0.2, 0.25) is 5.02 Å². The van der Waals surface area contributed by atoms with Gasteiger partial charge in [0.25, 0.3) is 0 Å². The third kappa shape index (κ3) is 3.69. The molecule has 2 atom stereocenters. The molecule has 0 bridgehead atoms. The average molecular weight is 242 g/mol. The minimum absolute atomic E-state index is 0.0642. The van der Waals surface area contributed by atoms with E-state index in [4.69, 9.17) is 22.1 Å². The van der Waals surface area contributed by atoms with Crippen LogP contribution in [0.15, 0.2) is 18.2 Å². The molecule has 2 nitrogen and oxygen atoms in total. The summed E-state index contributed by atoms with van der Waals surface area (Å²) in [7, 11) is 0. The Morgan fingerprint density at radius 3 is 2.62 bits per heavy atom. The van der Waals surface area contributed by atoms with Crippen molar-refractivity contribution in [3.05, 3.63) is 28.8 Å². The Balaban J connectivity index is 2.78. The molecule has 0 fully saturated rings. The van der Waals surface area contributed by atoms with Crippen LogP contribution in [-0.4, -0.2) is 6.61 Å². The monoisotopic (exact) mass is 241 g/mol. The van der Waals surface area contributed by atoms with Gasteiger partial charge in [-0.2, -0.15) is 0 Å². The molecule has 0 aliphatic rings. The number of benzene rings is 1. The maximum atomic E-state index is 5.94. The van der Waals surface area contributed by atoms with Gasteiger partial charge in [0.05, 0.1) is 6.61 Å². The molecule has 1 aromatic rings. The van der Waals surface area contributed by atoms with E-state index in [1.165, 1.54) is 0 Å². The summed E-state index contributed by atoms with van der Waals surface area (Å²) in [5.41, 5.74) is 6.85. The topological polar surface area (TPSA) is 35.2 Å². The summed E-state index contributed by atoms with van der Waals surface area (Å²) in [5, 5.41) is 0.697. The standard InChI is InChI=1S/C13H20ClNO/c1-4-9(2)8-16-13-6-5-11(14)7-12(13)10(3)15/h5-7,9-10H,4,8,15H2,1-3H3/t9?,10-/m0/s1. The van der Waals surface area contributed by atoms with Gasteiger partial charge < -0.3 is 10.5 Å². The number of rotatable bonds is 5. The molecule has 1 unspecified atom stereocenters. The Hall–Kier alpha value is -0.730. The molecule has 90 valence electrons. The molecule has 0 aliphatic heterocycles. The summed E-state index contributed by atoms with van der Waals surface area (Å²) in [5.74, 6) is 1.40. The second-order valence-electron chi connectivity index (χ2n) is 4.30. The first-order valence-electron chi connectivity index (χ1n) is 5.72. The molecule has 0 amide bonds. The summed E-state index contributed by atoms with van der Waals surface area (Å²) in [6.07, 6.45) is 1.11. The van der Waals surface area contributed by atoms with Gasteiger partial charge in [0, 0.05) is 16.6 Å². The smallest absolute Gasteiger partial charge is 0.124 e. The van der Waals surface area contributed by atoms with E-state index >= 15 is 0 Å². The van der Waals surface area contributed by atoms with Crippen molar-refractivity contribution in [2.75, 3.05) is 6.61 Å². The highest BCUT2D eigenvalue weighted by Crippen LogP contribution is 2.27. The van der Waals surface area contributed by atoms with Crippen LogP contribution in [0.4, 0.5) is 0 Å². The summed E-state index contributed by atoms with van der Waals surface area (Å²) < 4.78 is 5.77. The molecule has 1 rings (SSSR count). The van der Waals surface area contributed by atoms with Crippen molar-refractivity contribution < 1.29 is 4.74 Å². The fourth-order valence-corrected chi connectivity index (χ4v) is 1.54. The summed E-state index contributed by atoms with van der Waals surface area (Å²) >= 11 is 5.94. The van der Waals surface area contributed by atoms with Crippen molar-refractivity contribution in [1.29, 1.82) is 0 Å². The van der Waals surface area contributed by atoms with E-state index in [0.717, 1.165) is 24.3 Å². The quantitative estimate of drug-likeness (QED) is 0.852. The predicted octanol–water partition coefficient (Wildman–Crippen LogP) is 3.78. The zero-order valence-corrected chi connectivity index (χ0v) is 10.9. The van der Waals surface area contributed by atoms with Crippen LogP contribution in [0.1, 0.15) is 38.8 Å². The normalized spacial score (nSPS) is 14.6. The largest absolute Gasteiger partial charge is 0.493 e. The number of ether oxygens (including phenoxy) is 1. The van der Waals surface area contributed by atoms with Gasteiger partial charge in [-0.1, -0.05) is 31.9 Å². The fourth-order valence-electron chi connectivity index (χ4n) is 1.36. The van der Waals surface area contributed by atoms with E-state index in [0.29, 0.717) is 10.9 Å². The van der Waals surface area contributed by atoms with E-state index in [9.17, 15) is 0 Å². The molecule has 0 saturated carbocycles. The molecular formula is C13H20ClNO. The lowest BCUT2D eigenvalue weighted by molar-refractivity contribution is 0.253. The van der Waals surface area contributed by atoms with Gasteiger partial charge in [-0.3, -0.25) is 0 Å². The lowest BCUT2D eigenvalue weighted by Gasteiger charge is -2.16.